The van der Waals surface area contributed by atoms with Crippen LogP contribution >= 0.6 is 12.2 Å². The number of oxazole rings is 1. The minimum atomic E-state index is -0.475. The number of thiocarbonyl (C=S) groups is 1. The van der Waals surface area contributed by atoms with Crippen LogP contribution in [-0.4, -0.2) is 37.3 Å². The molecule has 0 aliphatic rings. The molecule has 2 N–H and O–H groups in total. The van der Waals surface area contributed by atoms with Gasteiger partial charge < -0.3 is 23.9 Å². The minimum Gasteiger partial charge on any atom is -0.496 e. The Labute approximate surface area is 214 Å². The van der Waals surface area contributed by atoms with Gasteiger partial charge in [-0.25, -0.2) is 4.98 Å². The summed E-state index contributed by atoms with van der Waals surface area (Å²) in [5.74, 6) is 1.64. The lowest BCUT2D eigenvalue weighted by Crippen LogP contribution is -2.34. The van der Waals surface area contributed by atoms with Crippen LogP contribution in [0.1, 0.15) is 35.7 Å². The molecular formula is C27H27N3O5S. The molecule has 0 radical (unpaired) electrons. The Bertz CT molecular complexity index is 1410. The quantitative estimate of drug-likeness (QED) is 0.306. The topological polar surface area (TPSA) is 94.9 Å². The van der Waals surface area contributed by atoms with Gasteiger partial charge in [0.05, 0.1) is 27.0 Å². The number of nitrogens with zero attached hydrogens (tertiary/aromatic N) is 1. The van der Waals surface area contributed by atoms with Crippen molar-refractivity contribution >= 4 is 40.0 Å². The van der Waals surface area contributed by atoms with Crippen molar-refractivity contribution in [2.24, 2.45) is 0 Å². The Kier molecular flexibility index (Phi) is 7.40. The number of anilines is 1. The van der Waals surface area contributed by atoms with Crippen LogP contribution in [0.15, 0.2) is 59.0 Å². The van der Waals surface area contributed by atoms with E-state index in [-0.39, 0.29) is 10.7 Å². The van der Waals surface area contributed by atoms with Crippen molar-refractivity contribution in [2.45, 2.75) is 19.8 Å². The van der Waals surface area contributed by atoms with Crippen LogP contribution < -0.4 is 24.8 Å². The van der Waals surface area contributed by atoms with Crippen molar-refractivity contribution in [3.8, 4) is 28.7 Å². The lowest BCUT2D eigenvalue weighted by atomic mass is 10.0. The Balaban J connectivity index is 1.59. The number of fused-ring (bicyclic) bond motifs is 1. The highest BCUT2D eigenvalue weighted by Crippen LogP contribution is 2.33. The first-order valence-corrected chi connectivity index (χ1v) is 11.7. The largest absolute Gasteiger partial charge is 0.496 e. The number of benzene rings is 3. The highest BCUT2D eigenvalue weighted by molar-refractivity contribution is 7.80. The molecule has 0 bridgehead atoms. The molecule has 0 saturated heterocycles. The Hall–Kier alpha value is -4.11. The van der Waals surface area contributed by atoms with Crippen LogP contribution in [0, 0.1) is 0 Å². The first kappa shape index (κ1) is 25.0. The SMILES string of the molecule is COc1ccc(-c2nc3cc(C(C)C)ccc3o2)cc1NC(=S)NC(=O)c1c(OC)cccc1OC. The number of methoxy groups -OCH3 is 3. The maximum Gasteiger partial charge on any atom is 0.264 e. The zero-order chi connectivity index (χ0) is 25.8. The van der Waals surface area contributed by atoms with Gasteiger partial charge in [0.15, 0.2) is 10.7 Å². The van der Waals surface area contributed by atoms with Gasteiger partial charge in [-0.15, -0.1) is 0 Å². The number of hydrogen-bond donors (Lipinski definition) is 2. The zero-order valence-electron chi connectivity index (χ0n) is 20.7. The molecule has 1 heterocycles. The molecule has 186 valence electrons. The van der Waals surface area contributed by atoms with E-state index < -0.39 is 5.91 Å². The summed E-state index contributed by atoms with van der Waals surface area (Å²) in [4.78, 5) is 17.6. The maximum atomic E-state index is 13.0. The molecule has 0 fully saturated rings. The molecule has 0 unspecified atom stereocenters. The fraction of sp³-hybridized carbons (Fsp3) is 0.222. The van der Waals surface area contributed by atoms with Gasteiger partial charge in [0.2, 0.25) is 5.89 Å². The molecule has 0 aliphatic carbocycles. The average Bonchev–Trinajstić information content (AvgIpc) is 3.31. The van der Waals surface area contributed by atoms with Crippen LogP contribution in [0.2, 0.25) is 0 Å². The third-order valence-electron chi connectivity index (χ3n) is 5.65. The van der Waals surface area contributed by atoms with E-state index in [1.807, 2.05) is 24.3 Å². The van der Waals surface area contributed by atoms with Crippen molar-refractivity contribution in [3.05, 3.63) is 65.7 Å². The van der Waals surface area contributed by atoms with Crippen molar-refractivity contribution in [2.75, 3.05) is 26.6 Å². The summed E-state index contributed by atoms with van der Waals surface area (Å²) >= 11 is 5.41. The summed E-state index contributed by atoms with van der Waals surface area (Å²) in [5.41, 5.74) is 4.17. The van der Waals surface area contributed by atoms with E-state index in [4.69, 9.17) is 30.8 Å². The summed E-state index contributed by atoms with van der Waals surface area (Å²) in [6.45, 7) is 4.27. The molecule has 0 spiro atoms. The van der Waals surface area contributed by atoms with Crippen LogP contribution in [0.3, 0.4) is 0 Å². The van der Waals surface area contributed by atoms with Gasteiger partial charge in [0.25, 0.3) is 5.91 Å². The van der Waals surface area contributed by atoms with E-state index >= 15 is 0 Å². The Morgan fingerprint density at radius 2 is 1.64 bits per heavy atom. The first-order valence-electron chi connectivity index (χ1n) is 11.3. The fourth-order valence-electron chi connectivity index (χ4n) is 3.76. The number of carbonyl (C=O) groups is 1. The summed E-state index contributed by atoms with van der Waals surface area (Å²) in [6, 6.07) is 16.5. The highest BCUT2D eigenvalue weighted by atomic mass is 32.1. The van der Waals surface area contributed by atoms with Gasteiger partial charge in [-0.2, -0.15) is 0 Å². The maximum absolute atomic E-state index is 13.0. The standard InChI is InChI=1S/C27H27N3O5S/c1-15(2)16-9-12-21-19(13-16)28-26(35-21)17-10-11-20(32-3)18(14-17)29-27(36)30-25(31)24-22(33-4)7-6-8-23(24)34-5/h6-15H,1-5H3,(H2,29,30,31,36). The van der Waals surface area contributed by atoms with Gasteiger partial charge in [-0.1, -0.05) is 26.0 Å². The third kappa shape index (κ3) is 5.11. The highest BCUT2D eigenvalue weighted by Gasteiger charge is 2.20. The van der Waals surface area contributed by atoms with E-state index in [9.17, 15) is 4.79 Å². The van der Waals surface area contributed by atoms with Gasteiger partial charge in [-0.05, 0) is 66.2 Å². The number of nitrogens with one attached hydrogen (secondary N) is 2. The van der Waals surface area contributed by atoms with Crippen molar-refractivity contribution in [1.29, 1.82) is 0 Å². The van der Waals surface area contributed by atoms with E-state index in [1.165, 1.54) is 19.8 Å². The Morgan fingerprint density at radius 1 is 0.944 bits per heavy atom. The van der Waals surface area contributed by atoms with Crippen LogP contribution in [0.4, 0.5) is 5.69 Å². The Morgan fingerprint density at radius 3 is 2.28 bits per heavy atom. The second-order valence-corrected chi connectivity index (χ2v) is 8.67. The van der Waals surface area contributed by atoms with E-state index in [1.54, 1.807) is 37.4 Å². The zero-order valence-corrected chi connectivity index (χ0v) is 21.5. The van der Waals surface area contributed by atoms with Gasteiger partial charge in [0.1, 0.15) is 28.3 Å². The number of ether oxygens (including phenoxy) is 3. The molecule has 0 saturated carbocycles. The molecule has 0 aliphatic heterocycles. The predicted molar refractivity (Wildman–Crippen MR) is 143 cm³/mol. The second-order valence-electron chi connectivity index (χ2n) is 8.26. The smallest absolute Gasteiger partial charge is 0.264 e. The van der Waals surface area contributed by atoms with Crippen LogP contribution in [0.25, 0.3) is 22.6 Å². The fourth-order valence-corrected chi connectivity index (χ4v) is 3.96. The molecule has 0 atom stereocenters. The normalized spacial score (nSPS) is 10.8. The second kappa shape index (κ2) is 10.7. The lowest BCUT2D eigenvalue weighted by molar-refractivity contribution is 0.0971. The molecule has 1 amide bonds. The third-order valence-corrected chi connectivity index (χ3v) is 5.86. The summed E-state index contributed by atoms with van der Waals surface area (Å²) in [5, 5.41) is 5.77. The van der Waals surface area contributed by atoms with Crippen molar-refractivity contribution < 1.29 is 23.4 Å². The molecule has 4 aromatic rings. The monoisotopic (exact) mass is 505 g/mol. The minimum absolute atomic E-state index is 0.0718. The van der Waals surface area contributed by atoms with Gasteiger partial charge in [0, 0.05) is 5.56 Å². The van der Waals surface area contributed by atoms with E-state index in [0.29, 0.717) is 40.3 Å². The number of hydrogen-bond acceptors (Lipinski definition) is 7. The van der Waals surface area contributed by atoms with Crippen LogP contribution in [-0.2, 0) is 0 Å². The van der Waals surface area contributed by atoms with E-state index in [2.05, 4.69) is 29.5 Å². The van der Waals surface area contributed by atoms with Gasteiger partial charge in [-0.3, -0.25) is 10.1 Å². The number of rotatable bonds is 7. The van der Waals surface area contributed by atoms with Crippen molar-refractivity contribution in [3.63, 3.8) is 0 Å². The molecule has 1 aromatic heterocycles. The first-order chi connectivity index (χ1) is 17.3. The number of carbonyl (C=O) groups excluding carboxylic acids is 1. The average molecular weight is 506 g/mol. The molecule has 4 rings (SSSR count). The predicted octanol–water partition coefficient (Wildman–Crippen LogP) is 5.77. The van der Waals surface area contributed by atoms with Crippen molar-refractivity contribution in [1.82, 2.24) is 10.3 Å². The summed E-state index contributed by atoms with van der Waals surface area (Å²) < 4.78 is 22.1. The molecule has 9 heteroatoms. The summed E-state index contributed by atoms with van der Waals surface area (Å²) in [6.07, 6.45) is 0. The molecule has 8 nitrogen and oxygen atoms in total. The number of aromatic nitrogens is 1. The van der Waals surface area contributed by atoms with E-state index in [0.717, 1.165) is 11.1 Å². The lowest BCUT2D eigenvalue weighted by Gasteiger charge is -2.15. The number of amides is 1. The van der Waals surface area contributed by atoms with Gasteiger partial charge >= 0.3 is 0 Å². The molecule has 36 heavy (non-hydrogen) atoms. The molecular weight excluding hydrogens is 478 g/mol. The molecule has 3 aromatic carbocycles. The summed E-state index contributed by atoms with van der Waals surface area (Å²) in [7, 11) is 4.51. The van der Waals surface area contributed by atoms with Crippen LogP contribution in [0.5, 0.6) is 17.2 Å².